The van der Waals surface area contributed by atoms with Gasteiger partial charge >= 0.3 is 6.03 Å². The van der Waals surface area contributed by atoms with Crippen LogP contribution >= 0.6 is 0 Å². The van der Waals surface area contributed by atoms with Crippen molar-refractivity contribution in [2.75, 3.05) is 37.8 Å². The van der Waals surface area contributed by atoms with Gasteiger partial charge in [-0.3, -0.25) is 0 Å². The molecule has 0 bridgehead atoms. The van der Waals surface area contributed by atoms with E-state index in [9.17, 15) is 13.2 Å². The van der Waals surface area contributed by atoms with Gasteiger partial charge in [-0.05, 0) is 63.0 Å². The van der Waals surface area contributed by atoms with Crippen LogP contribution in [-0.2, 0) is 9.84 Å². The number of carbonyl (C=O) groups excluding carboxylic acids is 1. The first-order chi connectivity index (χ1) is 11.3. The lowest BCUT2D eigenvalue weighted by atomic mass is 9.99. The number of rotatable bonds is 6. The van der Waals surface area contributed by atoms with Crippen molar-refractivity contribution in [3.05, 3.63) is 24.3 Å². The molecular weight excluding hydrogens is 326 g/mol. The number of hydrogen-bond donors (Lipinski definition) is 2. The molecule has 1 aliphatic rings. The van der Waals surface area contributed by atoms with Gasteiger partial charge in [0.15, 0.2) is 9.84 Å². The minimum atomic E-state index is -3.28. The molecule has 0 radical (unpaired) electrons. The third-order valence-electron chi connectivity index (χ3n) is 4.33. The second-order valence-electron chi connectivity index (χ2n) is 6.56. The molecule has 1 heterocycles. The Morgan fingerprint density at radius 2 is 2.00 bits per heavy atom. The van der Waals surface area contributed by atoms with Crippen LogP contribution in [0.5, 0.6) is 0 Å². The van der Waals surface area contributed by atoms with E-state index in [0.717, 1.165) is 38.2 Å². The fourth-order valence-corrected chi connectivity index (χ4v) is 3.44. The predicted octanol–water partition coefficient (Wildman–Crippen LogP) is 2.33. The van der Waals surface area contributed by atoms with Crippen LogP contribution in [0.15, 0.2) is 29.2 Å². The van der Waals surface area contributed by atoms with E-state index >= 15 is 0 Å². The second-order valence-corrected chi connectivity index (χ2v) is 8.57. The van der Waals surface area contributed by atoms with Crippen LogP contribution < -0.4 is 10.6 Å². The zero-order valence-corrected chi connectivity index (χ0v) is 15.2. The van der Waals surface area contributed by atoms with Crippen LogP contribution in [0.4, 0.5) is 10.5 Å². The predicted molar refractivity (Wildman–Crippen MR) is 96.0 cm³/mol. The summed E-state index contributed by atoms with van der Waals surface area (Å²) in [6.07, 6.45) is 4.56. The summed E-state index contributed by atoms with van der Waals surface area (Å²) < 4.78 is 23.0. The molecule has 0 saturated carbocycles. The van der Waals surface area contributed by atoms with E-state index in [1.807, 2.05) is 0 Å². The number of carbonyl (C=O) groups is 1. The Hall–Kier alpha value is -1.60. The van der Waals surface area contributed by atoms with Crippen molar-refractivity contribution in [3.63, 3.8) is 0 Å². The summed E-state index contributed by atoms with van der Waals surface area (Å²) in [5.41, 5.74) is 0.473. The lowest BCUT2D eigenvalue weighted by Gasteiger charge is -2.30. The van der Waals surface area contributed by atoms with E-state index in [2.05, 4.69) is 22.5 Å². The summed E-state index contributed by atoms with van der Waals surface area (Å²) in [6, 6.07) is 5.95. The third kappa shape index (κ3) is 6.13. The molecule has 1 aliphatic heterocycles. The van der Waals surface area contributed by atoms with Crippen molar-refractivity contribution >= 4 is 21.6 Å². The van der Waals surface area contributed by atoms with Gasteiger partial charge in [-0.15, -0.1) is 0 Å². The fourth-order valence-electron chi connectivity index (χ4n) is 2.77. The van der Waals surface area contributed by atoms with Crippen LogP contribution in [0.1, 0.15) is 26.2 Å². The Morgan fingerprint density at radius 1 is 1.29 bits per heavy atom. The SMILES string of the molecule is CC1CCN(CCCNC(=O)Nc2cccc(S(C)(=O)=O)c2)CC1. The minimum Gasteiger partial charge on any atom is -0.338 e. The van der Waals surface area contributed by atoms with Gasteiger partial charge in [0, 0.05) is 18.5 Å². The van der Waals surface area contributed by atoms with Crippen molar-refractivity contribution in [2.24, 2.45) is 5.92 Å². The number of nitrogens with one attached hydrogen (secondary N) is 2. The molecule has 24 heavy (non-hydrogen) atoms. The molecule has 2 N–H and O–H groups in total. The maximum atomic E-state index is 11.9. The topological polar surface area (TPSA) is 78.5 Å². The number of likely N-dealkylation sites (tertiary alicyclic amines) is 1. The minimum absolute atomic E-state index is 0.194. The highest BCUT2D eigenvalue weighted by Crippen LogP contribution is 2.16. The number of amides is 2. The lowest BCUT2D eigenvalue weighted by Crippen LogP contribution is -2.36. The molecule has 1 aromatic rings. The molecule has 7 heteroatoms. The van der Waals surface area contributed by atoms with E-state index < -0.39 is 9.84 Å². The van der Waals surface area contributed by atoms with Gasteiger partial charge in [-0.25, -0.2) is 13.2 Å². The molecule has 0 unspecified atom stereocenters. The zero-order valence-electron chi connectivity index (χ0n) is 14.4. The summed E-state index contributed by atoms with van der Waals surface area (Å²) in [7, 11) is -3.28. The molecule has 2 amide bonds. The van der Waals surface area contributed by atoms with Crippen LogP contribution in [0, 0.1) is 5.92 Å². The van der Waals surface area contributed by atoms with Crippen LogP contribution in [-0.4, -0.2) is 51.8 Å². The monoisotopic (exact) mass is 353 g/mol. The molecule has 1 aromatic carbocycles. The first-order valence-corrected chi connectivity index (χ1v) is 10.3. The molecule has 6 nitrogen and oxygen atoms in total. The maximum absolute atomic E-state index is 11.9. The Labute approximate surface area is 144 Å². The van der Waals surface area contributed by atoms with E-state index in [1.54, 1.807) is 12.1 Å². The van der Waals surface area contributed by atoms with Crippen LogP contribution in [0.2, 0.25) is 0 Å². The van der Waals surface area contributed by atoms with Gasteiger partial charge in [0.1, 0.15) is 0 Å². The highest BCUT2D eigenvalue weighted by molar-refractivity contribution is 7.90. The molecule has 134 valence electrons. The number of urea groups is 1. The molecular formula is C17H27N3O3S. The van der Waals surface area contributed by atoms with Crippen LogP contribution in [0.25, 0.3) is 0 Å². The van der Waals surface area contributed by atoms with E-state index in [0.29, 0.717) is 12.2 Å². The maximum Gasteiger partial charge on any atom is 0.319 e. The van der Waals surface area contributed by atoms with Crippen LogP contribution in [0.3, 0.4) is 0 Å². The standard InChI is InChI=1S/C17H27N3O3S/c1-14-7-11-20(12-8-14)10-4-9-18-17(21)19-15-5-3-6-16(13-15)24(2,22)23/h3,5-6,13-14H,4,7-12H2,1-2H3,(H2,18,19,21). The first-order valence-electron chi connectivity index (χ1n) is 8.42. The van der Waals surface area contributed by atoms with Gasteiger partial charge in [0.05, 0.1) is 4.90 Å². The fraction of sp³-hybridized carbons (Fsp3) is 0.588. The smallest absolute Gasteiger partial charge is 0.319 e. The highest BCUT2D eigenvalue weighted by atomic mass is 32.2. The molecule has 1 fully saturated rings. The molecule has 0 aromatic heterocycles. The zero-order chi connectivity index (χ0) is 17.6. The largest absolute Gasteiger partial charge is 0.338 e. The molecule has 0 aliphatic carbocycles. The summed E-state index contributed by atoms with van der Waals surface area (Å²) >= 11 is 0. The van der Waals surface area contributed by atoms with E-state index in [-0.39, 0.29) is 10.9 Å². The van der Waals surface area contributed by atoms with E-state index in [1.165, 1.54) is 25.0 Å². The highest BCUT2D eigenvalue weighted by Gasteiger charge is 2.15. The van der Waals surface area contributed by atoms with Gasteiger partial charge in [-0.2, -0.15) is 0 Å². The van der Waals surface area contributed by atoms with Crippen molar-refractivity contribution < 1.29 is 13.2 Å². The molecule has 2 rings (SSSR count). The lowest BCUT2D eigenvalue weighted by molar-refractivity contribution is 0.190. The summed E-state index contributed by atoms with van der Waals surface area (Å²) in [5.74, 6) is 0.827. The van der Waals surface area contributed by atoms with Gasteiger partial charge < -0.3 is 15.5 Å². The average molecular weight is 353 g/mol. The van der Waals surface area contributed by atoms with Crippen molar-refractivity contribution in [2.45, 2.75) is 31.1 Å². The molecule has 1 saturated heterocycles. The number of nitrogens with zero attached hydrogens (tertiary/aromatic N) is 1. The number of sulfone groups is 1. The second kappa shape index (κ2) is 8.48. The Balaban J connectivity index is 1.70. The average Bonchev–Trinajstić information content (AvgIpc) is 2.53. The Bertz CT molecular complexity index is 653. The summed E-state index contributed by atoms with van der Waals surface area (Å²) in [5, 5.41) is 5.48. The summed E-state index contributed by atoms with van der Waals surface area (Å²) in [6.45, 7) is 6.18. The number of benzene rings is 1. The number of hydrogen-bond acceptors (Lipinski definition) is 4. The Kier molecular flexibility index (Phi) is 6.62. The van der Waals surface area contributed by atoms with Gasteiger partial charge in [0.25, 0.3) is 0 Å². The van der Waals surface area contributed by atoms with Gasteiger partial charge in [-0.1, -0.05) is 13.0 Å². The van der Waals surface area contributed by atoms with Crippen molar-refractivity contribution in [1.29, 1.82) is 0 Å². The quantitative estimate of drug-likeness (QED) is 0.770. The van der Waals surface area contributed by atoms with E-state index in [4.69, 9.17) is 0 Å². The normalized spacial score (nSPS) is 16.8. The first kappa shape index (κ1) is 18.7. The van der Waals surface area contributed by atoms with Gasteiger partial charge in [0.2, 0.25) is 0 Å². The Morgan fingerprint density at radius 3 is 2.67 bits per heavy atom. The summed E-state index contributed by atoms with van der Waals surface area (Å²) in [4.78, 5) is 14.5. The number of anilines is 1. The van der Waals surface area contributed by atoms with Crippen molar-refractivity contribution in [1.82, 2.24) is 10.2 Å². The number of piperidine rings is 1. The third-order valence-corrected chi connectivity index (χ3v) is 5.44. The molecule has 0 spiro atoms. The van der Waals surface area contributed by atoms with Crippen molar-refractivity contribution in [3.8, 4) is 0 Å². The molecule has 0 atom stereocenters.